The minimum absolute atomic E-state index is 0.268. The summed E-state index contributed by atoms with van der Waals surface area (Å²) in [7, 11) is 1.60. The van der Waals surface area contributed by atoms with Crippen molar-refractivity contribution >= 4 is 17.7 Å². The lowest BCUT2D eigenvalue weighted by atomic mass is 9.89. The average molecular weight is 338 g/mol. The molecular weight excluding hydrogens is 312 g/mol. The van der Waals surface area contributed by atoms with E-state index < -0.39 is 18.1 Å². The Bertz CT molecular complexity index is 537. The summed E-state index contributed by atoms with van der Waals surface area (Å²) in [5.74, 6) is -0.448. The van der Waals surface area contributed by atoms with E-state index >= 15 is 0 Å². The fraction of sp³-hybridized carbons (Fsp3) is 0.529. The monoisotopic (exact) mass is 338 g/mol. The Morgan fingerprint density at radius 1 is 1.17 bits per heavy atom. The van der Waals surface area contributed by atoms with Crippen molar-refractivity contribution in [3.63, 3.8) is 0 Å². The number of nitrogens with two attached hydrogens (primary N) is 1. The largest absolute Gasteiger partial charge is 0.456 e. The summed E-state index contributed by atoms with van der Waals surface area (Å²) in [5, 5.41) is 2.43. The second-order valence-electron chi connectivity index (χ2n) is 6.39. The number of urea groups is 1. The van der Waals surface area contributed by atoms with E-state index in [9.17, 15) is 9.59 Å². The fourth-order valence-electron chi connectivity index (χ4n) is 1.82. The third-order valence-corrected chi connectivity index (χ3v) is 3.30. The van der Waals surface area contributed by atoms with Crippen LogP contribution in [0.1, 0.15) is 31.1 Å². The van der Waals surface area contributed by atoms with Gasteiger partial charge in [0.05, 0.1) is 25.4 Å². The quantitative estimate of drug-likeness (QED) is 0.560. The van der Waals surface area contributed by atoms with Gasteiger partial charge in [0.2, 0.25) is 0 Å². The number of hydrogen-bond acceptors (Lipinski definition) is 5. The van der Waals surface area contributed by atoms with Crippen LogP contribution in [0.2, 0.25) is 0 Å². The summed E-state index contributed by atoms with van der Waals surface area (Å²) >= 11 is 0. The molecule has 7 heteroatoms. The van der Waals surface area contributed by atoms with Crippen LogP contribution in [0.5, 0.6) is 0 Å². The molecule has 24 heavy (non-hydrogen) atoms. The molecular formula is C17H26N2O5. The number of anilines is 1. The molecule has 1 aromatic carbocycles. The van der Waals surface area contributed by atoms with Crippen molar-refractivity contribution in [2.24, 2.45) is 11.1 Å². The highest BCUT2D eigenvalue weighted by Gasteiger charge is 2.29. The Hall–Kier alpha value is -2.12. The van der Waals surface area contributed by atoms with Gasteiger partial charge in [0.25, 0.3) is 0 Å². The first kappa shape index (κ1) is 19.9. The van der Waals surface area contributed by atoms with Gasteiger partial charge >= 0.3 is 12.0 Å². The minimum Gasteiger partial charge on any atom is -0.456 e. The van der Waals surface area contributed by atoms with Crippen LogP contribution in [-0.2, 0) is 14.2 Å². The highest BCUT2D eigenvalue weighted by Crippen LogP contribution is 2.24. The first-order chi connectivity index (χ1) is 11.2. The summed E-state index contributed by atoms with van der Waals surface area (Å²) in [6, 6.07) is 5.65. The number of hydrogen-bond donors (Lipinski definition) is 2. The molecule has 0 aliphatic rings. The van der Waals surface area contributed by atoms with Crippen molar-refractivity contribution in [2.45, 2.75) is 26.9 Å². The maximum absolute atomic E-state index is 12.3. The normalized spacial score (nSPS) is 12.5. The molecule has 0 heterocycles. The van der Waals surface area contributed by atoms with Gasteiger partial charge in [0, 0.05) is 18.2 Å². The SMILES string of the molecule is COCCOC[C@H](OC(=O)c1ccc(NC(N)=O)cc1)C(C)(C)C. The number of amides is 2. The number of carbonyl (C=O) groups is 2. The van der Waals surface area contributed by atoms with E-state index in [0.717, 1.165) is 0 Å². The molecule has 2 amide bonds. The molecule has 134 valence electrons. The van der Waals surface area contributed by atoms with Gasteiger partial charge < -0.3 is 25.3 Å². The van der Waals surface area contributed by atoms with Crippen LogP contribution in [0.3, 0.4) is 0 Å². The van der Waals surface area contributed by atoms with Gasteiger partial charge in [-0.15, -0.1) is 0 Å². The zero-order valence-electron chi connectivity index (χ0n) is 14.6. The summed E-state index contributed by atoms with van der Waals surface area (Å²) < 4.78 is 16.0. The standard InChI is InChI=1S/C17H26N2O5/c1-17(2,3)14(11-23-10-9-22-4)24-15(20)12-5-7-13(8-6-12)19-16(18)21/h5-8,14H,9-11H2,1-4H3,(H3,18,19,21)/t14-/m0/s1. The molecule has 0 aliphatic heterocycles. The van der Waals surface area contributed by atoms with E-state index in [1.54, 1.807) is 31.4 Å². The Balaban J connectivity index is 2.68. The maximum Gasteiger partial charge on any atom is 0.338 e. The van der Waals surface area contributed by atoms with Gasteiger partial charge in [0.1, 0.15) is 6.10 Å². The molecule has 0 saturated heterocycles. The van der Waals surface area contributed by atoms with Gasteiger partial charge in [-0.3, -0.25) is 0 Å². The zero-order valence-corrected chi connectivity index (χ0v) is 14.6. The minimum atomic E-state index is -0.661. The molecule has 1 aromatic rings. The Morgan fingerprint density at radius 3 is 2.29 bits per heavy atom. The van der Waals surface area contributed by atoms with Crippen molar-refractivity contribution in [2.75, 3.05) is 32.2 Å². The fourth-order valence-corrected chi connectivity index (χ4v) is 1.82. The number of primary amides is 1. The van der Waals surface area contributed by atoms with Crippen LogP contribution in [-0.4, -0.2) is 45.0 Å². The molecule has 0 aliphatic carbocycles. The van der Waals surface area contributed by atoms with Crippen LogP contribution >= 0.6 is 0 Å². The predicted molar refractivity (Wildman–Crippen MR) is 91.0 cm³/mol. The predicted octanol–water partition coefficient (Wildman–Crippen LogP) is 2.41. The van der Waals surface area contributed by atoms with Crippen molar-refractivity contribution in [3.8, 4) is 0 Å². The van der Waals surface area contributed by atoms with Crippen LogP contribution in [0.15, 0.2) is 24.3 Å². The van der Waals surface area contributed by atoms with Gasteiger partial charge in [0.15, 0.2) is 0 Å². The number of ether oxygens (including phenoxy) is 3. The Morgan fingerprint density at radius 2 is 1.79 bits per heavy atom. The van der Waals surface area contributed by atoms with E-state index in [-0.39, 0.29) is 5.41 Å². The van der Waals surface area contributed by atoms with Crippen molar-refractivity contribution in [3.05, 3.63) is 29.8 Å². The summed E-state index contributed by atoms with van der Waals surface area (Å²) in [5.41, 5.74) is 5.67. The molecule has 0 saturated carbocycles. The third-order valence-electron chi connectivity index (χ3n) is 3.30. The van der Waals surface area contributed by atoms with Crippen LogP contribution in [0.4, 0.5) is 10.5 Å². The van der Waals surface area contributed by atoms with E-state index in [0.29, 0.717) is 31.1 Å². The smallest absolute Gasteiger partial charge is 0.338 e. The molecule has 1 rings (SSSR count). The first-order valence-electron chi connectivity index (χ1n) is 7.68. The van der Waals surface area contributed by atoms with Crippen LogP contribution in [0, 0.1) is 5.41 Å². The average Bonchev–Trinajstić information content (AvgIpc) is 2.49. The highest BCUT2D eigenvalue weighted by atomic mass is 16.6. The second kappa shape index (κ2) is 9.24. The molecule has 0 unspecified atom stereocenters. The number of esters is 1. The van der Waals surface area contributed by atoms with E-state index in [4.69, 9.17) is 19.9 Å². The van der Waals surface area contributed by atoms with E-state index in [1.807, 2.05) is 20.8 Å². The lowest BCUT2D eigenvalue weighted by Crippen LogP contribution is -2.36. The lowest BCUT2D eigenvalue weighted by Gasteiger charge is -2.30. The lowest BCUT2D eigenvalue weighted by molar-refractivity contribution is -0.0511. The molecule has 1 atom stereocenters. The van der Waals surface area contributed by atoms with Crippen molar-refractivity contribution < 1.29 is 23.8 Å². The summed E-state index contributed by atoms with van der Waals surface area (Å²) in [4.78, 5) is 23.1. The molecule has 0 radical (unpaired) electrons. The van der Waals surface area contributed by atoms with Crippen LogP contribution in [0.25, 0.3) is 0 Å². The van der Waals surface area contributed by atoms with Gasteiger partial charge in [-0.2, -0.15) is 0 Å². The van der Waals surface area contributed by atoms with Crippen LogP contribution < -0.4 is 11.1 Å². The molecule has 7 nitrogen and oxygen atoms in total. The van der Waals surface area contributed by atoms with Gasteiger partial charge in [-0.05, 0) is 24.3 Å². The Labute approximate surface area is 142 Å². The molecule has 0 spiro atoms. The third kappa shape index (κ3) is 6.97. The number of nitrogens with one attached hydrogen (secondary N) is 1. The highest BCUT2D eigenvalue weighted by molar-refractivity contribution is 5.91. The maximum atomic E-state index is 12.3. The topological polar surface area (TPSA) is 99.9 Å². The Kier molecular flexibility index (Phi) is 7.67. The number of methoxy groups -OCH3 is 1. The molecule has 3 N–H and O–H groups in total. The van der Waals surface area contributed by atoms with E-state index in [1.165, 1.54) is 0 Å². The number of benzene rings is 1. The van der Waals surface area contributed by atoms with Gasteiger partial charge in [-0.1, -0.05) is 20.8 Å². The molecule has 0 fully saturated rings. The molecule has 0 aromatic heterocycles. The second-order valence-corrected chi connectivity index (χ2v) is 6.39. The number of carbonyl (C=O) groups excluding carboxylic acids is 2. The first-order valence-corrected chi connectivity index (χ1v) is 7.68. The zero-order chi connectivity index (χ0) is 18.2. The van der Waals surface area contributed by atoms with E-state index in [2.05, 4.69) is 5.32 Å². The summed E-state index contributed by atoms with van der Waals surface area (Å²) in [6.45, 7) is 7.15. The van der Waals surface area contributed by atoms with Crippen molar-refractivity contribution in [1.82, 2.24) is 0 Å². The van der Waals surface area contributed by atoms with Gasteiger partial charge in [-0.25, -0.2) is 9.59 Å². The number of rotatable bonds is 8. The van der Waals surface area contributed by atoms with Crippen molar-refractivity contribution in [1.29, 1.82) is 0 Å². The molecule has 0 bridgehead atoms. The summed E-state index contributed by atoms with van der Waals surface area (Å²) in [6.07, 6.45) is -0.398.